The summed E-state index contributed by atoms with van der Waals surface area (Å²) in [5.74, 6) is 0.787. The van der Waals surface area contributed by atoms with E-state index >= 15 is 0 Å². The third-order valence-electron chi connectivity index (χ3n) is 3.94. The van der Waals surface area contributed by atoms with Crippen molar-refractivity contribution in [3.8, 4) is 0 Å². The number of halogens is 2. The van der Waals surface area contributed by atoms with Gasteiger partial charge in [0.2, 0.25) is 0 Å². The number of hydrogen-bond donors (Lipinski definition) is 0. The van der Waals surface area contributed by atoms with Crippen LogP contribution in [0.1, 0.15) is 43.5 Å². The topological polar surface area (TPSA) is 20.3 Å². The van der Waals surface area contributed by atoms with Crippen LogP contribution in [0.2, 0.25) is 0 Å². The van der Waals surface area contributed by atoms with Gasteiger partial charge in [-0.15, -0.1) is 0 Å². The van der Waals surface area contributed by atoms with E-state index in [1.54, 1.807) is 0 Å². The molecule has 1 saturated heterocycles. The monoisotopic (exact) mass is 449 g/mol. The highest BCUT2D eigenvalue weighted by atomic mass is 127. The van der Waals surface area contributed by atoms with Gasteiger partial charge in [-0.05, 0) is 79.9 Å². The molecule has 1 atom stereocenters. The fourth-order valence-electron chi connectivity index (χ4n) is 2.83. The van der Waals surface area contributed by atoms with Crippen LogP contribution < -0.4 is 0 Å². The van der Waals surface area contributed by atoms with E-state index in [-0.39, 0.29) is 5.78 Å². The molecular formula is C16H21BrINO. The number of carbonyl (C=O) groups is 1. The Morgan fingerprint density at radius 1 is 1.45 bits per heavy atom. The lowest BCUT2D eigenvalue weighted by atomic mass is 9.90. The Bertz CT molecular complexity index is 469. The Morgan fingerprint density at radius 2 is 2.20 bits per heavy atom. The molecule has 4 heteroatoms. The van der Waals surface area contributed by atoms with Crippen LogP contribution in [-0.2, 0) is 0 Å². The first kappa shape index (κ1) is 16.4. The van der Waals surface area contributed by atoms with Gasteiger partial charge in [0, 0.05) is 32.6 Å². The smallest absolute Gasteiger partial charge is 0.163 e. The first-order valence-electron chi connectivity index (χ1n) is 7.19. The SMILES string of the molecule is CC(C)N1CCC[C@@H](CC(=O)c2cc(Br)cc(I)c2)C1. The molecule has 0 unspecified atom stereocenters. The second-order valence-electron chi connectivity index (χ2n) is 5.88. The molecule has 1 aliphatic rings. The van der Waals surface area contributed by atoms with E-state index in [0.29, 0.717) is 18.4 Å². The van der Waals surface area contributed by atoms with Crippen LogP contribution in [0.4, 0.5) is 0 Å². The fourth-order valence-corrected chi connectivity index (χ4v) is 4.42. The Balaban J connectivity index is 2.00. The van der Waals surface area contributed by atoms with E-state index in [1.165, 1.54) is 19.4 Å². The minimum Gasteiger partial charge on any atom is -0.301 e. The van der Waals surface area contributed by atoms with Crippen molar-refractivity contribution in [2.24, 2.45) is 5.92 Å². The van der Waals surface area contributed by atoms with Crippen LogP contribution in [-0.4, -0.2) is 29.8 Å². The summed E-state index contributed by atoms with van der Waals surface area (Å²) < 4.78 is 2.09. The van der Waals surface area contributed by atoms with Gasteiger partial charge in [0.1, 0.15) is 0 Å². The molecule has 0 N–H and O–H groups in total. The number of piperidine rings is 1. The molecular weight excluding hydrogens is 429 g/mol. The molecule has 110 valence electrons. The first-order chi connectivity index (χ1) is 9.45. The van der Waals surface area contributed by atoms with Crippen molar-refractivity contribution in [2.45, 2.75) is 39.2 Å². The highest BCUT2D eigenvalue weighted by Gasteiger charge is 2.24. The summed E-state index contributed by atoms with van der Waals surface area (Å²) >= 11 is 5.73. The molecule has 1 aromatic carbocycles. The number of likely N-dealkylation sites (tertiary alicyclic amines) is 1. The van der Waals surface area contributed by atoms with Gasteiger partial charge in [0.15, 0.2) is 5.78 Å². The average molecular weight is 450 g/mol. The van der Waals surface area contributed by atoms with E-state index in [0.717, 1.165) is 20.2 Å². The Hall–Kier alpha value is 0.0600. The summed E-state index contributed by atoms with van der Waals surface area (Å²) in [6, 6.07) is 6.53. The van der Waals surface area contributed by atoms with Crippen LogP contribution >= 0.6 is 38.5 Å². The molecule has 1 heterocycles. The standard InChI is InChI=1S/C16H21BrINO/c1-11(2)19-5-3-4-12(10-19)6-16(20)13-7-14(17)9-15(18)8-13/h7-9,11-12H,3-6,10H2,1-2H3/t12-/m0/s1. The van der Waals surface area contributed by atoms with Crippen molar-refractivity contribution in [1.29, 1.82) is 0 Å². The van der Waals surface area contributed by atoms with Gasteiger partial charge in [0.25, 0.3) is 0 Å². The number of hydrogen-bond acceptors (Lipinski definition) is 2. The van der Waals surface area contributed by atoms with E-state index in [4.69, 9.17) is 0 Å². The number of benzene rings is 1. The molecule has 1 aromatic rings. The summed E-state index contributed by atoms with van der Waals surface area (Å²) in [6.45, 7) is 6.72. The van der Waals surface area contributed by atoms with Crippen molar-refractivity contribution in [3.05, 3.63) is 31.8 Å². The van der Waals surface area contributed by atoms with Crippen molar-refractivity contribution in [3.63, 3.8) is 0 Å². The molecule has 0 aromatic heterocycles. The molecule has 1 aliphatic heterocycles. The van der Waals surface area contributed by atoms with Gasteiger partial charge in [-0.1, -0.05) is 15.9 Å². The highest BCUT2D eigenvalue weighted by Crippen LogP contribution is 2.24. The molecule has 0 bridgehead atoms. The van der Waals surface area contributed by atoms with Gasteiger partial charge in [-0.25, -0.2) is 0 Å². The lowest BCUT2D eigenvalue weighted by molar-refractivity contribution is 0.0890. The quantitative estimate of drug-likeness (QED) is 0.488. The van der Waals surface area contributed by atoms with Crippen molar-refractivity contribution in [2.75, 3.05) is 13.1 Å². The van der Waals surface area contributed by atoms with Gasteiger partial charge in [-0.3, -0.25) is 4.79 Å². The summed E-state index contributed by atoms with van der Waals surface area (Å²) in [4.78, 5) is 14.9. The molecule has 0 spiro atoms. The predicted octanol–water partition coefficient (Wildman–Crippen LogP) is 4.75. The zero-order chi connectivity index (χ0) is 14.7. The van der Waals surface area contributed by atoms with Crippen LogP contribution in [0, 0.1) is 9.49 Å². The maximum absolute atomic E-state index is 12.5. The van der Waals surface area contributed by atoms with E-state index < -0.39 is 0 Å². The summed E-state index contributed by atoms with van der Waals surface area (Å²) in [5, 5.41) is 0. The Labute approximate surface area is 143 Å². The predicted molar refractivity (Wildman–Crippen MR) is 95.2 cm³/mol. The van der Waals surface area contributed by atoms with Gasteiger partial charge < -0.3 is 4.90 Å². The van der Waals surface area contributed by atoms with Crippen LogP contribution in [0.15, 0.2) is 22.7 Å². The largest absolute Gasteiger partial charge is 0.301 e. The minimum atomic E-state index is 0.278. The minimum absolute atomic E-state index is 0.278. The normalized spacial score (nSPS) is 20.4. The maximum atomic E-state index is 12.5. The first-order valence-corrected chi connectivity index (χ1v) is 9.06. The number of nitrogens with zero attached hydrogens (tertiary/aromatic N) is 1. The molecule has 0 saturated carbocycles. The van der Waals surface area contributed by atoms with Gasteiger partial charge >= 0.3 is 0 Å². The third-order valence-corrected chi connectivity index (χ3v) is 5.02. The average Bonchev–Trinajstić information content (AvgIpc) is 2.37. The lowest BCUT2D eigenvalue weighted by Crippen LogP contribution is -2.40. The molecule has 20 heavy (non-hydrogen) atoms. The number of rotatable bonds is 4. The molecule has 0 amide bonds. The highest BCUT2D eigenvalue weighted by molar-refractivity contribution is 14.1. The van der Waals surface area contributed by atoms with E-state index in [2.05, 4.69) is 57.3 Å². The molecule has 1 fully saturated rings. The van der Waals surface area contributed by atoms with E-state index in [9.17, 15) is 4.79 Å². The summed E-state index contributed by atoms with van der Waals surface area (Å²) in [6.07, 6.45) is 3.07. The fraction of sp³-hybridized carbons (Fsp3) is 0.562. The van der Waals surface area contributed by atoms with Gasteiger partial charge in [0.05, 0.1) is 0 Å². The number of carbonyl (C=O) groups excluding carboxylic acids is 1. The summed E-state index contributed by atoms with van der Waals surface area (Å²) in [7, 11) is 0. The molecule has 0 aliphatic carbocycles. The van der Waals surface area contributed by atoms with Crippen molar-refractivity contribution in [1.82, 2.24) is 4.90 Å². The number of Topliss-reactive ketones (excluding diaryl/α,β-unsaturated/α-hetero) is 1. The second kappa shape index (κ2) is 7.36. The lowest BCUT2D eigenvalue weighted by Gasteiger charge is -2.35. The second-order valence-corrected chi connectivity index (χ2v) is 8.04. The molecule has 0 radical (unpaired) electrons. The zero-order valence-corrected chi connectivity index (χ0v) is 15.8. The third kappa shape index (κ3) is 4.53. The van der Waals surface area contributed by atoms with Crippen LogP contribution in [0.5, 0.6) is 0 Å². The van der Waals surface area contributed by atoms with Crippen LogP contribution in [0.3, 0.4) is 0 Å². The Morgan fingerprint density at radius 3 is 2.85 bits per heavy atom. The van der Waals surface area contributed by atoms with Crippen LogP contribution in [0.25, 0.3) is 0 Å². The number of ketones is 1. The van der Waals surface area contributed by atoms with Gasteiger partial charge in [-0.2, -0.15) is 0 Å². The molecule has 2 rings (SSSR count). The Kier molecular flexibility index (Phi) is 6.05. The van der Waals surface area contributed by atoms with Crippen molar-refractivity contribution >= 4 is 44.3 Å². The van der Waals surface area contributed by atoms with E-state index in [1.807, 2.05) is 18.2 Å². The van der Waals surface area contributed by atoms with Crippen molar-refractivity contribution < 1.29 is 4.79 Å². The zero-order valence-electron chi connectivity index (χ0n) is 12.0. The maximum Gasteiger partial charge on any atom is 0.163 e. The molecule has 2 nitrogen and oxygen atoms in total. The summed E-state index contributed by atoms with van der Waals surface area (Å²) in [5.41, 5.74) is 0.838.